The van der Waals surface area contributed by atoms with Crippen LogP contribution in [0.15, 0.2) is 22.8 Å². The predicted octanol–water partition coefficient (Wildman–Crippen LogP) is 2.42. The molecule has 0 aliphatic heterocycles. The van der Waals surface area contributed by atoms with Crippen LogP contribution in [-0.4, -0.2) is 9.38 Å². The van der Waals surface area contributed by atoms with Gasteiger partial charge in [0.2, 0.25) is 0 Å². The lowest BCUT2D eigenvalue weighted by Gasteiger charge is -2.01. The SMILES string of the molecule is Cc1nc(C(C)N)c2ccc(Br)cn12. The van der Waals surface area contributed by atoms with Gasteiger partial charge in [-0.1, -0.05) is 0 Å². The van der Waals surface area contributed by atoms with Gasteiger partial charge in [-0.2, -0.15) is 0 Å². The molecule has 1 atom stereocenters. The van der Waals surface area contributed by atoms with Crippen LogP contribution in [0.4, 0.5) is 0 Å². The summed E-state index contributed by atoms with van der Waals surface area (Å²) in [7, 11) is 0. The monoisotopic (exact) mass is 253 g/mol. The quantitative estimate of drug-likeness (QED) is 0.849. The van der Waals surface area contributed by atoms with Crippen molar-refractivity contribution in [2.24, 2.45) is 5.73 Å². The molecule has 4 heteroatoms. The Morgan fingerprint density at radius 1 is 1.50 bits per heavy atom. The number of halogens is 1. The summed E-state index contributed by atoms with van der Waals surface area (Å²) >= 11 is 3.43. The van der Waals surface area contributed by atoms with Crippen molar-refractivity contribution in [1.29, 1.82) is 0 Å². The lowest BCUT2D eigenvalue weighted by atomic mass is 10.2. The summed E-state index contributed by atoms with van der Waals surface area (Å²) in [5.41, 5.74) is 7.88. The van der Waals surface area contributed by atoms with Gasteiger partial charge in [0.1, 0.15) is 5.82 Å². The Morgan fingerprint density at radius 2 is 2.21 bits per heavy atom. The highest BCUT2D eigenvalue weighted by atomic mass is 79.9. The fourth-order valence-electron chi connectivity index (χ4n) is 1.57. The van der Waals surface area contributed by atoms with Crippen molar-refractivity contribution in [1.82, 2.24) is 9.38 Å². The third-order valence-corrected chi connectivity index (χ3v) is 2.71. The second-order valence-electron chi connectivity index (χ2n) is 3.44. The summed E-state index contributed by atoms with van der Waals surface area (Å²) in [6, 6.07) is 4.00. The van der Waals surface area contributed by atoms with Gasteiger partial charge in [-0.05, 0) is 41.9 Å². The topological polar surface area (TPSA) is 43.3 Å². The first kappa shape index (κ1) is 9.68. The van der Waals surface area contributed by atoms with Crippen LogP contribution in [-0.2, 0) is 0 Å². The van der Waals surface area contributed by atoms with Gasteiger partial charge >= 0.3 is 0 Å². The molecule has 1 unspecified atom stereocenters. The Morgan fingerprint density at radius 3 is 2.86 bits per heavy atom. The van der Waals surface area contributed by atoms with Gasteiger partial charge in [0.25, 0.3) is 0 Å². The predicted molar refractivity (Wildman–Crippen MR) is 60.2 cm³/mol. The van der Waals surface area contributed by atoms with Gasteiger partial charge in [0.15, 0.2) is 0 Å². The molecule has 14 heavy (non-hydrogen) atoms. The van der Waals surface area contributed by atoms with E-state index in [9.17, 15) is 0 Å². The Balaban J connectivity index is 2.77. The number of imidazole rings is 1. The van der Waals surface area contributed by atoms with Crippen LogP contribution in [0.25, 0.3) is 5.52 Å². The molecule has 74 valence electrons. The summed E-state index contributed by atoms with van der Waals surface area (Å²) in [5.74, 6) is 0.966. The van der Waals surface area contributed by atoms with E-state index in [0.29, 0.717) is 0 Å². The maximum atomic E-state index is 5.84. The third kappa shape index (κ3) is 1.44. The van der Waals surface area contributed by atoms with Gasteiger partial charge in [0.05, 0.1) is 11.2 Å². The van der Waals surface area contributed by atoms with Crippen molar-refractivity contribution >= 4 is 21.4 Å². The molecule has 0 aliphatic carbocycles. The Labute approximate surface area is 91.1 Å². The molecular formula is C10H12BrN3. The van der Waals surface area contributed by atoms with Crippen LogP contribution in [0.2, 0.25) is 0 Å². The van der Waals surface area contributed by atoms with Crippen molar-refractivity contribution in [3.63, 3.8) is 0 Å². The molecule has 0 bridgehead atoms. The third-order valence-electron chi connectivity index (χ3n) is 2.24. The number of fused-ring (bicyclic) bond motifs is 1. The number of rotatable bonds is 1. The van der Waals surface area contributed by atoms with E-state index in [0.717, 1.165) is 21.5 Å². The molecule has 2 heterocycles. The number of nitrogens with zero attached hydrogens (tertiary/aromatic N) is 2. The molecule has 0 aliphatic rings. The second-order valence-corrected chi connectivity index (χ2v) is 4.35. The fraction of sp³-hybridized carbons (Fsp3) is 0.300. The number of aromatic nitrogens is 2. The molecule has 0 amide bonds. The van der Waals surface area contributed by atoms with Crippen molar-refractivity contribution in [2.45, 2.75) is 19.9 Å². The summed E-state index contributed by atoms with van der Waals surface area (Å²) in [5, 5.41) is 0. The minimum atomic E-state index is -0.0279. The van der Waals surface area contributed by atoms with E-state index >= 15 is 0 Å². The number of nitrogens with two attached hydrogens (primary N) is 1. The van der Waals surface area contributed by atoms with Crippen LogP contribution in [0.1, 0.15) is 24.5 Å². The maximum absolute atomic E-state index is 5.84. The van der Waals surface area contributed by atoms with Crippen LogP contribution in [0, 0.1) is 6.92 Å². The number of aryl methyl sites for hydroxylation is 1. The highest BCUT2D eigenvalue weighted by Gasteiger charge is 2.11. The summed E-state index contributed by atoms with van der Waals surface area (Å²) < 4.78 is 3.09. The van der Waals surface area contributed by atoms with E-state index in [-0.39, 0.29) is 6.04 Å². The van der Waals surface area contributed by atoms with E-state index in [1.54, 1.807) is 0 Å². The molecule has 2 rings (SSSR count). The van der Waals surface area contributed by atoms with Crippen molar-refractivity contribution < 1.29 is 0 Å². The van der Waals surface area contributed by atoms with Crippen LogP contribution < -0.4 is 5.73 Å². The number of pyridine rings is 1. The first-order chi connectivity index (χ1) is 6.59. The fourth-order valence-corrected chi connectivity index (χ4v) is 1.91. The van der Waals surface area contributed by atoms with Gasteiger partial charge in [-0.15, -0.1) is 0 Å². The summed E-state index contributed by atoms with van der Waals surface area (Å²) in [6.45, 7) is 3.93. The summed E-state index contributed by atoms with van der Waals surface area (Å²) in [6.07, 6.45) is 2.00. The zero-order valence-electron chi connectivity index (χ0n) is 8.16. The minimum Gasteiger partial charge on any atom is -0.323 e. The van der Waals surface area contributed by atoms with Crippen LogP contribution in [0.3, 0.4) is 0 Å². The number of hydrogen-bond acceptors (Lipinski definition) is 2. The molecular weight excluding hydrogens is 242 g/mol. The Kier molecular flexibility index (Phi) is 2.33. The van der Waals surface area contributed by atoms with E-state index in [1.165, 1.54) is 0 Å². The van der Waals surface area contributed by atoms with Crippen LogP contribution >= 0.6 is 15.9 Å². The Hall–Kier alpha value is -0.870. The van der Waals surface area contributed by atoms with Crippen molar-refractivity contribution in [2.75, 3.05) is 0 Å². The van der Waals surface area contributed by atoms with E-state index in [2.05, 4.69) is 20.9 Å². The molecule has 2 N–H and O–H groups in total. The van der Waals surface area contributed by atoms with Gasteiger partial charge in [-0.25, -0.2) is 4.98 Å². The second kappa shape index (κ2) is 3.37. The molecule has 0 radical (unpaired) electrons. The van der Waals surface area contributed by atoms with Gasteiger partial charge < -0.3 is 10.1 Å². The lowest BCUT2D eigenvalue weighted by Crippen LogP contribution is -2.05. The first-order valence-electron chi connectivity index (χ1n) is 4.49. The molecule has 2 aromatic rings. The van der Waals surface area contributed by atoms with E-state index in [1.807, 2.05) is 36.6 Å². The molecule has 0 saturated carbocycles. The number of hydrogen-bond donors (Lipinski definition) is 1. The highest BCUT2D eigenvalue weighted by Crippen LogP contribution is 2.20. The van der Waals surface area contributed by atoms with Crippen molar-refractivity contribution in [3.05, 3.63) is 34.3 Å². The Bertz CT molecular complexity index is 473. The van der Waals surface area contributed by atoms with Crippen molar-refractivity contribution in [3.8, 4) is 0 Å². The lowest BCUT2D eigenvalue weighted by molar-refractivity contribution is 0.793. The molecule has 2 aromatic heterocycles. The van der Waals surface area contributed by atoms with E-state index < -0.39 is 0 Å². The van der Waals surface area contributed by atoms with Gasteiger partial charge in [-0.3, -0.25) is 0 Å². The molecule has 3 nitrogen and oxygen atoms in total. The normalized spacial score (nSPS) is 13.4. The molecule has 0 fully saturated rings. The average molecular weight is 254 g/mol. The highest BCUT2D eigenvalue weighted by molar-refractivity contribution is 9.10. The first-order valence-corrected chi connectivity index (χ1v) is 5.28. The standard InChI is InChI=1S/C10H12BrN3/c1-6(12)10-9-4-3-8(11)5-14(9)7(2)13-10/h3-6H,12H2,1-2H3. The minimum absolute atomic E-state index is 0.0279. The zero-order chi connectivity index (χ0) is 10.3. The molecule has 0 aromatic carbocycles. The maximum Gasteiger partial charge on any atom is 0.110 e. The van der Waals surface area contributed by atoms with E-state index in [4.69, 9.17) is 5.73 Å². The summed E-state index contributed by atoms with van der Waals surface area (Å²) in [4.78, 5) is 4.45. The average Bonchev–Trinajstić information content (AvgIpc) is 2.44. The van der Waals surface area contributed by atoms with Crippen LogP contribution in [0.5, 0.6) is 0 Å². The van der Waals surface area contributed by atoms with Gasteiger partial charge in [0, 0.05) is 16.7 Å². The largest absolute Gasteiger partial charge is 0.323 e. The molecule has 0 saturated heterocycles. The molecule has 0 spiro atoms. The smallest absolute Gasteiger partial charge is 0.110 e. The zero-order valence-corrected chi connectivity index (χ0v) is 9.75.